The summed E-state index contributed by atoms with van der Waals surface area (Å²) in [4.78, 5) is 1.04. The fourth-order valence-corrected chi connectivity index (χ4v) is 0.588. The molecule has 0 aromatic heterocycles. The highest BCUT2D eigenvalue weighted by molar-refractivity contribution is 9.11. The second-order valence-electron chi connectivity index (χ2n) is 1.45. The van der Waals surface area contributed by atoms with Crippen LogP contribution in [0.15, 0.2) is 34.7 Å². The normalized spacial score (nSPS) is 10.0. The average Bonchev–Trinajstić information content (AvgIpc) is 1.83. The van der Waals surface area contributed by atoms with Gasteiger partial charge in [0.1, 0.15) is 0 Å². The standard InChI is InChI=1S/C7H9BrS/c1-6(8)4-5-7(2)9-3/h4-5H,1-2H2,3H3/b5-4-. The van der Waals surface area contributed by atoms with Crippen molar-refractivity contribution in [3.63, 3.8) is 0 Å². The van der Waals surface area contributed by atoms with Crippen LogP contribution in [0.3, 0.4) is 0 Å². The predicted octanol–water partition coefficient (Wildman–Crippen LogP) is 3.33. The third kappa shape index (κ3) is 5.93. The molecule has 0 N–H and O–H groups in total. The van der Waals surface area contributed by atoms with E-state index in [1.807, 2.05) is 18.4 Å². The topological polar surface area (TPSA) is 0 Å². The van der Waals surface area contributed by atoms with Crippen molar-refractivity contribution in [2.45, 2.75) is 0 Å². The zero-order chi connectivity index (χ0) is 7.28. The van der Waals surface area contributed by atoms with Crippen LogP contribution in [0.25, 0.3) is 0 Å². The molecule has 9 heavy (non-hydrogen) atoms. The SMILES string of the molecule is C=C(Br)/C=C\C(=C)SC. The summed E-state index contributed by atoms with van der Waals surface area (Å²) in [6.07, 6.45) is 5.78. The van der Waals surface area contributed by atoms with E-state index in [0.717, 1.165) is 9.39 Å². The molecular formula is C7H9BrS. The van der Waals surface area contributed by atoms with E-state index in [1.54, 1.807) is 11.8 Å². The minimum atomic E-state index is 0.873. The van der Waals surface area contributed by atoms with E-state index in [-0.39, 0.29) is 0 Å². The molecule has 2 heteroatoms. The van der Waals surface area contributed by atoms with E-state index in [4.69, 9.17) is 0 Å². The maximum Gasteiger partial charge on any atom is 0.0103 e. The molecule has 0 aromatic rings. The summed E-state index contributed by atoms with van der Waals surface area (Å²) in [7, 11) is 0. The molecule has 0 unspecified atom stereocenters. The molecular weight excluding hydrogens is 196 g/mol. The van der Waals surface area contributed by atoms with Gasteiger partial charge in [0.05, 0.1) is 0 Å². The van der Waals surface area contributed by atoms with Crippen LogP contribution in [0.1, 0.15) is 0 Å². The van der Waals surface area contributed by atoms with Crippen molar-refractivity contribution in [3.8, 4) is 0 Å². The molecule has 0 bridgehead atoms. The Bertz CT molecular complexity index is 147. The van der Waals surface area contributed by atoms with Crippen LogP contribution in [-0.2, 0) is 0 Å². The molecule has 0 aliphatic heterocycles. The first-order valence-corrected chi connectivity index (χ1v) is 4.44. The Hall–Kier alpha value is 0.0500. The third-order valence-corrected chi connectivity index (χ3v) is 1.64. The van der Waals surface area contributed by atoms with Gasteiger partial charge < -0.3 is 0 Å². The van der Waals surface area contributed by atoms with E-state index >= 15 is 0 Å². The van der Waals surface area contributed by atoms with Gasteiger partial charge in [-0.2, -0.15) is 0 Å². The Labute approximate surface area is 68.9 Å². The summed E-state index contributed by atoms with van der Waals surface area (Å²) < 4.78 is 0.873. The van der Waals surface area contributed by atoms with Crippen LogP contribution < -0.4 is 0 Å². The van der Waals surface area contributed by atoms with E-state index < -0.39 is 0 Å². The van der Waals surface area contributed by atoms with Gasteiger partial charge in [-0.3, -0.25) is 0 Å². The highest BCUT2D eigenvalue weighted by Crippen LogP contribution is 2.12. The van der Waals surface area contributed by atoms with Gasteiger partial charge in [0, 0.05) is 4.48 Å². The molecule has 0 saturated heterocycles. The summed E-state index contributed by atoms with van der Waals surface area (Å²) in [5.74, 6) is 0. The van der Waals surface area contributed by atoms with Gasteiger partial charge in [0.2, 0.25) is 0 Å². The maximum atomic E-state index is 3.76. The Kier molecular flexibility index (Phi) is 4.91. The van der Waals surface area contributed by atoms with Crippen LogP contribution >= 0.6 is 27.7 Å². The lowest BCUT2D eigenvalue weighted by atomic mass is 10.5. The smallest absolute Gasteiger partial charge is 0.0103 e. The molecule has 0 radical (unpaired) electrons. The maximum absolute atomic E-state index is 3.76. The molecule has 0 saturated carbocycles. The molecule has 0 spiro atoms. The summed E-state index contributed by atoms with van der Waals surface area (Å²) in [5.41, 5.74) is 0. The van der Waals surface area contributed by atoms with Crippen molar-refractivity contribution in [1.29, 1.82) is 0 Å². The highest BCUT2D eigenvalue weighted by Gasteiger charge is 1.80. The Morgan fingerprint density at radius 2 is 2.00 bits per heavy atom. The first-order chi connectivity index (χ1) is 4.16. The predicted molar refractivity (Wildman–Crippen MR) is 49.9 cm³/mol. The molecule has 0 aliphatic rings. The van der Waals surface area contributed by atoms with Crippen molar-refractivity contribution < 1.29 is 0 Å². The number of halogens is 1. The fraction of sp³-hybridized carbons (Fsp3) is 0.143. The first kappa shape index (κ1) is 9.05. The Balaban J connectivity index is 3.71. The monoisotopic (exact) mass is 204 g/mol. The van der Waals surface area contributed by atoms with Gasteiger partial charge in [-0.1, -0.05) is 29.1 Å². The number of allylic oxidation sites excluding steroid dienone is 3. The fourth-order valence-electron chi connectivity index (χ4n) is 0.251. The van der Waals surface area contributed by atoms with Crippen molar-refractivity contribution in [2.75, 3.05) is 6.26 Å². The van der Waals surface area contributed by atoms with Gasteiger partial charge in [0.15, 0.2) is 0 Å². The molecule has 0 atom stereocenters. The Morgan fingerprint density at radius 1 is 1.44 bits per heavy atom. The Morgan fingerprint density at radius 3 is 2.33 bits per heavy atom. The van der Waals surface area contributed by atoms with Crippen molar-refractivity contribution in [2.24, 2.45) is 0 Å². The number of thioether (sulfide) groups is 1. The second kappa shape index (κ2) is 4.89. The van der Waals surface area contributed by atoms with Crippen LogP contribution in [0.4, 0.5) is 0 Å². The second-order valence-corrected chi connectivity index (χ2v) is 3.40. The van der Waals surface area contributed by atoms with E-state index in [1.165, 1.54) is 0 Å². The molecule has 0 fully saturated rings. The molecule has 50 valence electrons. The van der Waals surface area contributed by atoms with E-state index in [2.05, 4.69) is 29.1 Å². The quantitative estimate of drug-likeness (QED) is 0.637. The average molecular weight is 205 g/mol. The lowest BCUT2D eigenvalue weighted by Gasteiger charge is -1.88. The first-order valence-electron chi connectivity index (χ1n) is 2.42. The summed E-state index contributed by atoms with van der Waals surface area (Å²) in [6, 6.07) is 0. The van der Waals surface area contributed by atoms with Crippen molar-refractivity contribution in [1.82, 2.24) is 0 Å². The zero-order valence-corrected chi connectivity index (χ0v) is 7.76. The minimum absolute atomic E-state index is 0.873. The highest BCUT2D eigenvalue weighted by atomic mass is 79.9. The third-order valence-electron chi connectivity index (χ3n) is 0.712. The van der Waals surface area contributed by atoms with Crippen LogP contribution in [0.2, 0.25) is 0 Å². The summed E-state index contributed by atoms with van der Waals surface area (Å²) >= 11 is 4.82. The molecule has 0 aromatic carbocycles. The van der Waals surface area contributed by atoms with Crippen molar-refractivity contribution >= 4 is 27.7 Å². The van der Waals surface area contributed by atoms with Gasteiger partial charge in [-0.05, 0) is 23.3 Å². The van der Waals surface area contributed by atoms with Crippen LogP contribution in [-0.4, -0.2) is 6.26 Å². The molecule has 0 nitrogen and oxygen atoms in total. The summed E-state index contributed by atoms with van der Waals surface area (Å²) in [5, 5.41) is 0. The number of hydrogen-bond donors (Lipinski definition) is 0. The number of hydrogen-bond acceptors (Lipinski definition) is 1. The van der Waals surface area contributed by atoms with Gasteiger partial charge >= 0.3 is 0 Å². The van der Waals surface area contributed by atoms with Crippen molar-refractivity contribution in [3.05, 3.63) is 34.7 Å². The minimum Gasteiger partial charge on any atom is -0.130 e. The zero-order valence-electron chi connectivity index (χ0n) is 5.36. The molecule has 0 amide bonds. The lowest BCUT2D eigenvalue weighted by Crippen LogP contribution is -1.62. The van der Waals surface area contributed by atoms with Gasteiger partial charge in [0.25, 0.3) is 0 Å². The largest absolute Gasteiger partial charge is 0.130 e. The number of rotatable bonds is 3. The molecule has 0 heterocycles. The van der Waals surface area contributed by atoms with Gasteiger partial charge in [-0.25, -0.2) is 0 Å². The van der Waals surface area contributed by atoms with Crippen LogP contribution in [0, 0.1) is 0 Å². The molecule has 0 aliphatic carbocycles. The van der Waals surface area contributed by atoms with E-state index in [0.29, 0.717) is 0 Å². The summed E-state index contributed by atoms with van der Waals surface area (Å²) in [6.45, 7) is 7.40. The van der Waals surface area contributed by atoms with E-state index in [9.17, 15) is 0 Å². The van der Waals surface area contributed by atoms with Gasteiger partial charge in [-0.15, -0.1) is 11.8 Å². The van der Waals surface area contributed by atoms with Crippen LogP contribution in [0.5, 0.6) is 0 Å². The molecule has 0 rings (SSSR count). The lowest BCUT2D eigenvalue weighted by molar-refractivity contribution is 1.91.